The molecule has 0 N–H and O–H groups in total. The van der Waals surface area contributed by atoms with Crippen LogP contribution in [0.2, 0.25) is 0 Å². The Labute approximate surface area is 110 Å². The minimum Gasteiger partial charge on any atom is -0.142 e. The van der Waals surface area contributed by atoms with Crippen LogP contribution < -0.4 is 0 Å². The predicted octanol–water partition coefficient (Wildman–Crippen LogP) is 2.46. The summed E-state index contributed by atoms with van der Waals surface area (Å²) in [4.78, 5) is 3.30. The number of thiol groups is 4. The van der Waals surface area contributed by atoms with Gasteiger partial charge in [-0.25, -0.2) is 0 Å². The van der Waals surface area contributed by atoms with Crippen molar-refractivity contribution in [2.75, 3.05) is 0 Å². The third kappa shape index (κ3) is 3.46. The van der Waals surface area contributed by atoms with Gasteiger partial charge in [-0.1, -0.05) is 0 Å². The molecule has 0 saturated carbocycles. The Morgan fingerprint density at radius 2 is 0.818 bits per heavy atom. The molecule has 1 aromatic carbocycles. The molecule has 0 aromatic heterocycles. The van der Waals surface area contributed by atoms with E-state index < -0.39 is 0 Å². The Morgan fingerprint density at radius 3 is 1.00 bits per heavy atom. The van der Waals surface area contributed by atoms with E-state index in [0.29, 0.717) is 0 Å². The second-order valence-electron chi connectivity index (χ2n) is 1.83. The van der Waals surface area contributed by atoms with Crippen LogP contribution in [0.4, 0.5) is 0 Å². The number of hydrogen-bond donors (Lipinski definition) is 4. The van der Waals surface area contributed by atoms with Gasteiger partial charge in [-0.3, -0.25) is 0 Å². The average Bonchev–Trinajstić information content (AvgIpc) is 1.84. The molecule has 5 heteroatoms. The molecule has 0 unspecified atom stereocenters. The van der Waals surface area contributed by atoms with Crippen LogP contribution in [0.5, 0.6) is 0 Å². The summed E-state index contributed by atoms with van der Waals surface area (Å²) in [6.45, 7) is 0. The van der Waals surface area contributed by atoms with Crippen LogP contribution in [-0.4, -0.2) is 29.6 Å². The molecule has 0 atom stereocenters. The van der Waals surface area contributed by atoms with E-state index in [1.54, 1.807) is 0 Å². The maximum Gasteiger partial charge on any atom is 0.0186 e. The standard InChI is InChI=1S/C6H6S4.Na/c7-3-1-4(8)6(10)2-5(3)9;/h1-2,7-10H;. The molecule has 0 heterocycles. The largest absolute Gasteiger partial charge is 0.142 e. The fourth-order valence-corrected chi connectivity index (χ4v) is 1.53. The Morgan fingerprint density at radius 1 is 0.636 bits per heavy atom. The summed E-state index contributed by atoms with van der Waals surface area (Å²) in [6, 6.07) is 3.63. The summed E-state index contributed by atoms with van der Waals surface area (Å²) in [5, 5.41) is 0. The van der Waals surface area contributed by atoms with Crippen LogP contribution in [0.1, 0.15) is 0 Å². The van der Waals surface area contributed by atoms with E-state index in [2.05, 4.69) is 50.5 Å². The van der Waals surface area contributed by atoms with Crippen LogP contribution in [0.25, 0.3) is 0 Å². The van der Waals surface area contributed by atoms with E-state index in [4.69, 9.17) is 0 Å². The summed E-state index contributed by atoms with van der Waals surface area (Å²) in [7, 11) is 0. The summed E-state index contributed by atoms with van der Waals surface area (Å²) >= 11 is 16.6. The molecule has 0 fully saturated rings. The van der Waals surface area contributed by atoms with E-state index in [-0.39, 0.29) is 29.6 Å². The SMILES string of the molecule is Sc1cc(S)c(S)cc1S.[Na]. The Bertz CT molecular complexity index is 211. The fraction of sp³-hybridized carbons (Fsp3) is 0. The van der Waals surface area contributed by atoms with Crippen molar-refractivity contribution >= 4 is 80.1 Å². The Balaban J connectivity index is 0.000001000. The van der Waals surface area contributed by atoms with Gasteiger partial charge in [0.15, 0.2) is 0 Å². The van der Waals surface area contributed by atoms with Crippen molar-refractivity contribution in [2.45, 2.75) is 19.6 Å². The Hall–Kier alpha value is 1.62. The molecule has 0 aliphatic carbocycles. The first-order chi connectivity index (χ1) is 4.61. The van der Waals surface area contributed by atoms with Crippen LogP contribution in [0, 0.1) is 0 Å². The topological polar surface area (TPSA) is 0 Å². The maximum absolute atomic E-state index is 4.16. The number of rotatable bonds is 0. The zero-order valence-corrected chi connectivity index (χ0v) is 11.5. The van der Waals surface area contributed by atoms with Gasteiger partial charge in [-0.2, -0.15) is 0 Å². The molecule has 0 spiro atoms. The fourth-order valence-electron chi connectivity index (χ4n) is 0.555. The van der Waals surface area contributed by atoms with Crippen LogP contribution in [0.15, 0.2) is 31.7 Å². The minimum absolute atomic E-state index is 0. The molecule has 55 valence electrons. The second kappa shape index (κ2) is 5.37. The zero-order valence-electron chi connectivity index (χ0n) is 5.94. The van der Waals surface area contributed by atoms with E-state index >= 15 is 0 Å². The molecular weight excluding hydrogens is 223 g/mol. The maximum atomic E-state index is 4.16. The third-order valence-corrected chi connectivity index (χ3v) is 2.90. The van der Waals surface area contributed by atoms with Gasteiger partial charge in [-0.15, -0.1) is 50.5 Å². The third-order valence-electron chi connectivity index (χ3n) is 1.07. The zero-order chi connectivity index (χ0) is 7.72. The van der Waals surface area contributed by atoms with Gasteiger partial charge in [0.2, 0.25) is 0 Å². The first kappa shape index (κ1) is 12.6. The smallest absolute Gasteiger partial charge is 0.0186 e. The Kier molecular flexibility index (Phi) is 6.16. The molecular formula is C6H6NaS4. The summed E-state index contributed by atoms with van der Waals surface area (Å²) in [6.07, 6.45) is 0. The predicted molar refractivity (Wildman–Crippen MR) is 61.2 cm³/mol. The molecule has 0 aliphatic heterocycles. The molecule has 1 rings (SSSR count). The van der Waals surface area contributed by atoms with Crippen molar-refractivity contribution in [3.63, 3.8) is 0 Å². The first-order valence-electron chi connectivity index (χ1n) is 2.55. The summed E-state index contributed by atoms with van der Waals surface area (Å²) in [5.41, 5.74) is 0. The van der Waals surface area contributed by atoms with Crippen molar-refractivity contribution in [2.24, 2.45) is 0 Å². The summed E-state index contributed by atoms with van der Waals surface area (Å²) in [5.74, 6) is 0. The van der Waals surface area contributed by atoms with Crippen molar-refractivity contribution in [3.05, 3.63) is 12.1 Å². The molecule has 0 bridgehead atoms. The van der Waals surface area contributed by atoms with Gasteiger partial charge < -0.3 is 0 Å². The average molecular weight is 229 g/mol. The van der Waals surface area contributed by atoms with Gasteiger partial charge >= 0.3 is 0 Å². The van der Waals surface area contributed by atoms with Crippen molar-refractivity contribution < 1.29 is 0 Å². The van der Waals surface area contributed by atoms with Gasteiger partial charge in [0, 0.05) is 49.1 Å². The molecule has 0 aliphatic rings. The molecule has 0 nitrogen and oxygen atoms in total. The monoisotopic (exact) mass is 229 g/mol. The van der Waals surface area contributed by atoms with Crippen LogP contribution in [0.3, 0.4) is 0 Å². The van der Waals surface area contributed by atoms with E-state index in [1.807, 2.05) is 12.1 Å². The van der Waals surface area contributed by atoms with Crippen LogP contribution >= 0.6 is 50.5 Å². The van der Waals surface area contributed by atoms with Crippen LogP contribution in [-0.2, 0) is 0 Å². The first-order valence-corrected chi connectivity index (χ1v) is 4.34. The van der Waals surface area contributed by atoms with Crippen molar-refractivity contribution in [1.82, 2.24) is 0 Å². The van der Waals surface area contributed by atoms with E-state index in [1.165, 1.54) is 0 Å². The summed E-state index contributed by atoms with van der Waals surface area (Å²) < 4.78 is 0. The minimum atomic E-state index is 0. The quantitative estimate of drug-likeness (QED) is 0.381. The van der Waals surface area contributed by atoms with Crippen molar-refractivity contribution in [1.29, 1.82) is 0 Å². The normalized spacial score (nSPS) is 9.09. The molecule has 1 aromatic rings. The van der Waals surface area contributed by atoms with Crippen molar-refractivity contribution in [3.8, 4) is 0 Å². The van der Waals surface area contributed by atoms with E-state index in [9.17, 15) is 0 Å². The molecule has 0 amide bonds. The number of hydrogen-bond acceptors (Lipinski definition) is 4. The van der Waals surface area contributed by atoms with E-state index in [0.717, 1.165) is 19.6 Å². The molecule has 0 saturated heterocycles. The molecule has 11 heavy (non-hydrogen) atoms. The number of benzene rings is 1. The van der Waals surface area contributed by atoms with Gasteiger partial charge in [0.1, 0.15) is 0 Å². The molecule has 1 radical (unpaired) electrons. The van der Waals surface area contributed by atoms with Gasteiger partial charge in [-0.05, 0) is 12.1 Å². The van der Waals surface area contributed by atoms with Gasteiger partial charge in [0.25, 0.3) is 0 Å². The van der Waals surface area contributed by atoms with Gasteiger partial charge in [0.05, 0.1) is 0 Å². The second-order valence-corrected chi connectivity index (χ2v) is 3.76.